The molecule has 0 saturated heterocycles. The van der Waals surface area contributed by atoms with E-state index in [2.05, 4.69) is 33.6 Å². The molecule has 2 aromatic heterocycles. The van der Waals surface area contributed by atoms with Crippen molar-refractivity contribution < 1.29 is 4.79 Å². The van der Waals surface area contributed by atoms with E-state index >= 15 is 0 Å². The summed E-state index contributed by atoms with van der Waals surface area (Å²) in [6, 6.07) is 2.13. The lowest BCUT2D eigenvalue weighted by Crippen LogP contribution is -2.12. The average molecular weight is 375 g/mol. The maximum atomic E-state index is 12.2. The molecule has 8 heteroatoms. The fourth-order valence-electron chi connectivity index (χ4n) is 2.82. The lowest BCUT2D eigenvalue weighted by Gasteiger charge is -2.04. The zero-order valence-corrected chi connectivity index (χ0v) is 16.5. The van der Waals surface area contributed by atoms with E-state index in [1.54, 1.807) is 0 Å². The normalized spacial score (nSPS) is 10.7. The second kappa shape index (κ2) is 10.0. The van der Waals surface area contributed by atoms with Crippen molar-refractivity contribution in [3.63, 3.8) is 0 Å². The van der Waals surface area contributed by atoms with Gasteiger partial charge in [0.05, 0.1) is 24.7 Å². The van der Waals surface area contributed by atoms with Crippen LogP contribution in [0.4, 0.5) is 5.13 Å². The molecule has 0 radical (unpaired) electrons. The van der Waals surface area contributed by atoms with Crippen molar-refractivity contribution in [3.05, 3.63) is 22.0 Å². The molecule has 2 heterocycles. The predicted molar refractivity (Wildman–Crippen MR) is 102 cm³/mol. The second-order valence-corrected chi connectivity index (χ2v) is 7.35. The van der Waals surface area contributed by atoms with Crippen LogP contribution >= 0.6 is 11.3 Å². The van der Waals surface area contributed by atoms with Gasteiger partial charge in [-0.3, -0.25) is 9.48 Å². The lowest BCUT2D eigenvalue weighted by molar-refractivity contribution is -0.116. The van der Waals surface area contributed by atoms with Crippen LogP contribution in [0, 0.1) is 25.2 Å². The highest BCUT2D eigenvalue weighted by Crippen LogP contribution is 2.19. The molecule has 26 heavy (non-hydrogen) atoms. The topological polar surface area (TPSA) is 96.5 Å². The van der Waals surface area contributed by atoms with Crippen LogP contribution in [-0.4, -0.2) is 25.9 Å². The van der Waals surface area contributed by atoms with Crippen LogP contribution < -0.4 is 5.32 Å². The van der Waals surface area contributed by atoms with E-state index in [9.17, 15) is 4.79 Å². The summed E-state index contributed by atoms with van der Waals surface area (Å²) < 4.78 is 1.85. The molecular weight excluding hydrogens is 348 g/mol. The van der Waals surface area contributed by atoms with Gasteiger partial charge < -0.3 is 5.32 Å². The van der Waals surface area contributed by atoms with Gasteiger partial charge >= 0.3 is 0 Å². The first-order valence-corrected chi connectivity index (χ1v) is 9.88. The van der Waals surface area contributed by atoms with Crippen molar-refractivity contribution in [3.8, 4) is 6.07 Å². The highest BCUT2D eigenvalue weighted by Gasteiger charge is 2.14. The Kier molecular flexibility index (Phi) is 7.73. The number of hydrogen-bond donors (Lipinski definition) is 1. The second-order valence-electron chi connectivity index (χ2n) is 6.29. The number of anilines is 1. The largest absolute Gasteiger partial charge is 0.301 e. The van der Waals surface area contributed by atoms with Gasteiger partial charge in [-0.15, -0.1) is 10.2 Å². The smallest absolute Gasteiger partial charge is 0.226 e. The number of aryl methyl sites for hydroxylation is 3. The summed E-state index contributed by atoms with van der Waals surface area (Å²) in [6.45, 7) is 6.68. The van der Waals surface area contributed by atoms with Crippen LogP contribution in [0.1, 0.15) is 61.0 Å². The predicted octanol–water partition coefficient (Wildman–Crippen LogP) is 3.57. The number of nitrogens with zero attached hydrogens (tertiary/aromatic N) is 5. The van der Waals surface area contributed by atoms with Gasteiger partial charge in [-0.1, -0.05) is 31.1 Å². The van der Waals surface area contributed by atoms with Crippen LogP contribution in [0.5, 0.6) is 0 Å². The zero-order valence-electron chi connectivity index (χ0n) is 15.7. The molecule has 140 valence electrons. The number of carbonyl (C=O) groups excluding carboxylic acids is 1. The summed E-state index contributed by atoms with van der Waals surface area (Å²) in [7, 11) is 0. The molecule has 2 rings (SSSR count). The Morgan fingerprint density at radius 3 is 2.81 bits per heavy atom. The Morgan fingerprint density at radius 2 is 2.08 bits per heavy atom. The van der Waals surface area contributed by atoms with Crippen LogP contribution in [0.25, 0.3) is 0 Å². The summed E-state index contributed by atoms with van der Waals surface area (Å²) in [5, 5.41) is 25.7. The fraction of sp³-hybridized carbons (Fsp3) is 0.611. The third-order valence-electron chi connectivity index (χ3n) is 4.28. The van der Waals surface area contributed by atoms with Crippen molar-refractivity contribution in [1.29, 1.82) is 5.26 Å². The standard InChI is InChI=1S/C18H26N6OS/c1-4-5-6-8-17-21-22-18(26-17)20-16(25)10-9-15-13(2)23-24(14(15)3)12-7-11-19/h4-10,12H2,1-3H3,(H,20,22,25). The van der Waals surface area contributed by atoms with Gasteiger partial charge in [0.25, 0.3) is 0 Å². The Hall–Kier alpha value is -2.27. The number of unbranched alkanes of at least 4 members (excludes halogenated alkanes) is 2. The Labute approximate surface area is 158 Å². The Balaban J connectivity index is 1.85. The molecule has 1 N–H and O–H groups in total. The minimum absolute atomic E-state index is 0.0650. The van der Waals surface area contributed by atoms with Crippen molar-refractivity contribution >= 4 is 22.4 Å². The molecule has 0 spiro atoms. The highest BCUT2D eigenvalue weighted by molar-refractivity contribution is 7.15. The molecule has 0 aliphatic heterocycles. The number of nitrogens with one attached hydrogen (secondary N) is 1. The summed E-state index contributed by atoms with van der Waals surface area (Å²) in [4.78, 5) is 12.2. The highest BCUT2D eigenvalue weighted by atomic mass is 32.1. The van der Waals surface area contributed by atoms with Crippen LogP contribution in [0.2, 0.25) is 0 Å². The van der Waals surface area contributed by atoms with Gasteiger partial charge in [0.1, 0.15) is 5.01 Å². The van der Waals surface area contributed by atoms with Crippen molar-refractivity contribution in [2.45, 2.75) is 72.3 Å². The van der Waals surface area contributed by atoms with E-state index in [-0.39, 0.29) is 5.91 Å². The van der Waals surface area contributed by atoms with Gasteiger partial charge in [-0.25, -0.2) is 0 Å². The molecule has 0 saturated carbocycles. The maximum absolute atomic E-state index is 12.2. The third-order valence-corrected chi connectivity index (χ3v) is 5.17. The molecule has 0 atom stereocenters. The fourth-order valence-corrected chi connectivity index (χ4v) is 3.62. The first-order chi connectivity index (χ1) is 12.5. The van der Waals surface area contributed by atoms with Crippen molar-refractivity contribution in [1.82, 2.24) is 20.0 Å². The van der Waals surface area contributed by atoms with E-state index in [1.165, 1.54) is 24.2 Å². The minimum atomic E-state index is -0.0650. The van der Waals surface area contributed by atoms with E-state index in [0.717, 1.165) is 34.8 Å². The van der Waals surface area contributed by atoms with E-state index in [1.807, 2.05) is 18.5 Å². The van der Waals surface area contributed by atoms with Crippen LogP contribution in [0.15, 0.2) is 0 Å². The number of carbonyl (C=O) groups is 1. The first kappa shape index (κ1) is 20.0. The monoisotopic (exact) mass is 374 g/mol. The number of hydrogen-bond acceptors (Lipinski definition) is 6. The number of nitriles is 1. The van der Waals surface area contributed by atoms with Gasteiger partial charge in [0, 0.05) is 18.5 Å². The lowest BCUT2D eigenvalue weighted by atomic mass is 10.1. The molecule has 0 unspecified atom stereocenters. The van der Waals surface area contributed by atoms with Crippen molar-refractivity contribution in [2.24, 2.45) is 0 Å². The quantitative estimate of drug-likeness (QED) is 0.641. The summed E-state index contributed by atoms with van der Waals surface area (Å²) in [5.41, 5.74) is 3.03. The van der Waals surface area contributed by atoms with Crippen molar-refractivity contribution in [2.75, 3.05) is 5.32 Å². The Bertz CT molecular complexity index is 773. The number of rotatable bonds is 10. The van der Waals surface area contributed by atoms with Gasteiger partial charge in [-0.05, 0) is 32.3 Å². The molecule has 1 amide bonds. The zero-order chi connectivity index (χ0) is 18.9. The molecular formula is C18H26N6OS. The molecule has 0 aromatic carbocycles. The Morgan fingerprint density at radius 1 is 1.27 bits per heavy atom. The average Bonchev–Trinajstić information content (AvgIpc) is 3.16. The molecule has 0 bridgehead atoms. The SMILES string of the molecule is CCCCCc1nnc(NC(=O)CCc2c(C)nn(CCC#N)c2C)s1. The maximum Gasteiger partial charge on any atom is 0.226 e. The van der Waals surface area contributed by atoms with E-state index in [0.29, 0.717) is 30.9 Å². The van der Waals surface area contributed by atoms with E-state index in [4.69, 9.17) is 5.26 Å². The first-order valence-electron chi connectivity index (χ1n) is 9.07. The van der Waals surface area contributed by atoms with Gasteiger partial charge in [0.15, 0.2) is 0 Å². The summed E-state index contributed by atoms with van der Waals surface area (Å²) in [5.74, 6) is -0.0650. The third kappa shape index (κ3) is 5.63. The number of aromatic nitrogens is 4. The molecule has 0 aliphatic rings. The molecule has 7 nitrogen and oxygen atoms in total. The minimum Gasteiger partial charge on any atom is -0.301 e. The van der Waals surface area contributed by atoms with Crippen LogP contribution in [-0.2, 0) is 24.2 Å². The van der Waals surface area contributed by atoms with E-state index < -0.39 is 0 Å². The van der Waals surface area contributed by atoms with Crippen LogP contribution in [0.3, 0.4) is 0 Å². The molecule has 0 fully saturated rings. The summed E-state index contributed by atoms with van der Waals surface area (Å²) in [6.07, 6.45) is 5.81. The van der Waals surface area contributed by atoms with Gasteiger partial charge in [-0.2, -0.15) is 10.4 Å². The van der Waals surface area contributed by atoms with Gasteiger partial charge in [0.2, 0.25) is 11.0 Å². The number of amides is 1. The summed E-state index contributed by atoms with van der Waals surface area (Å²) >= 11 is 1.45. The molecule has 2 aromatic rings. The molecule has 0 aliphatic carbocycles.